The third-order valence-corrected chi connectivity index (χ3v) is 4.25. The number of hydrogen-bond acceptors (Lipinski definition) is 2. The fraction of sp³-hybridized carbons (Fsp3) is 0.235. The fourth-order valence-electron chi connectivity index (χ4n) is 2.68. The van der Waals surface area contributed by atoms with Crippen LogP contribution in [0.25, 0.3) is 0 Å². The van der Waals surface area contributed by atoms with Gasteiger partial charge >= 0.3 is 0 Å². The number of carbonyl (C=O) groups excluding carboxylic acids is 1. The largest absolute Gasteiger partial charge is 0.482 e. The molecule has 1 atom stereocenters. The van der Waals surface area contributed by atoms with Gasteiger partial charge in [0.1, 0.15) is 5.75 Å². The molecule has 5 heteroatoms. The first-order chi connectivity index (χ1) is 10.6. The summed E-state index contributed by atoms with van der Waals surface area (Å²) in [4.78, 5) is 12.1. The average Bonchev–Trinajstić information content (AvgIpc) is 2.90. The fourth-order valence-corrected chi connectivity index (χ4v) is 3.14. The van der Waals surface area contributed by atoms with Gasteiger partial charge in [0.05, 0.1) is 11.1 Å². The number of benzene rings is 2. The van der Waals surface area contributed by atoms with Crippen LogP contribution in [0.5, 0.6) is 5.75 Å². The van der Waals surface area contributed by atoms with E-state index in [0.29, 0.717) is 15.8 Å². The SMILES string of the molecule is O=C(COc1ccc(Cl)cc1Cl)N[C@H]1CCc2ccccc21. The molecular formula is C17H15Cl2NO2. The molecular weight excluding hydrogens is 321 g/mol. The summed E-state index contributed by atoms with van der Waals surface area (Å²) in [6.45, 7) is -0.0694. The Labute approximate surface area is 139 Å². The van der Waals surface area contributed by atoms with Gasteiger partial charge in [-0.2, -0.15) is 0 Å². The molecule has 3 nitrogen and oxygen atoms in total. The molecule has 1 aliphatic carbocycles. The van der Waals surface area contributed by atoms with Crippen LogP contribution < -0.4 is 10.1 Å². The van der Waals surface area contributed by atoms with Crippen molar-refractivity contribution in [2.75, 3.05) is 6.61 Å². The van der Waals surface area contributed by atoms with Gasteiger partial charge in [0, 0.05) is 5.02 Å². The van der Waals surface area contributed by atoms with Gasteiger partial charge in [0.2, 0.25) is 0 Å². The van der Waals surface area contributed by atoms with Crippen LogP contribution in [-0.4, -0.2) is 12.5 Å². The minimum atomic E-state index is -0.160. The molecule has 0 radical (unpaired) electrons. The topological polar surface area (TPSA) is 38.3 Å². The van der Waals surface area contributed by atoms with Crippen LogP contribution in [0, 0.1) is 0 Å². The highest BCUT2D eigenvalue weighted by Gasteiger charge is 2.23. The Kier molecular flexibility index (Phi) is 4.55. The number of fused-ring (bicyclic) bond motifs is 1. The van der Waals surface area contributed by atoms with E-state index in [2.05, 4.69) is 17.4 Å². The Morgan fingerprint density at radius 2 is 2.05 bits per heavy atom. The van der Waals surface area contributed by atoms with E-state index in [1.54, 1.807) is 18.2 Å². The summed E-state index contributed by atoms with van der Waals surface area (Å²) in [5.74, 6) is 0.292. The molecule has 22 heavy (non-hydrogen) atoms. The van der Waals surface area contributed by atoms with E-state index in [1.165, 1.54) is 11.1 Å². The molecule has 3 rings (SSSR count). The minimum Gasteiger partial charge on any atom is -0.482 e. The summed E-state index contributed by atoms with van der Waals surface area (Å²) in [7, 11) is 0. The molecule has 0 unspecified atom stereocenters. The summed E-state index contributed by atoms with van der Waals surface area (Å²) in [5, 5.41) is 3.93. The first kappa shape index (κ1) is 15.2. The highest BCUT2D eigenvalue weighted by molar-refractivity contribution is 6.35. The molecule has 0 fully saturated rings. The van der Waals surface area contributed by atoms with Crippen LogP contribution in [0.1, 0.15) is 23.6 Å². The predicted octanol–water partition coefficient (Wildman–Crippen LogP) is 4.18. The van der Waals surface area contributed by atoms with Crippen molar-refractivity contribution in [1.82, 2.24) is 5.32 Å². The van der Waals surface area contributed by atoms with E-state index in [1.807, 2.05) is 12.1 Å². The number of rotatable bonds is 4. The van der Waals surface area contributed by atoms with Gasteiger partial charge in [0.15, 0.2) is 6.61 Å². The Balaban J connectivity index is 1.57. The normalized spacial score (nSPS) is 16.2. The Morgan fingerprint density at radius 1 is 1.23 bits per heavy atom. The molecule has 0 saturated carbocycles. The van der Waals surface area contributed by atoms with Crippen molar-refractivity contribution >= 4 is 29.1 Å². The first-order valence-corrected chi connectivity index (χ1v) is 7.84. The van der Waals surface area contributed by atoms with E-state index < -0.39 is 0 Å². The molecule has 1 aliphatic rings. The van der Waals surface area contributed by atoms with Crippen molar-refractivity contribution in [3.63, 3.8) is 0 Å². The zero-order chi connectivity index (χ0) is 15.5. The van der Waals surface area contributed by atoms with E-state index >= 15 is 0 Å². The highest BCUT2D eigenvalue weighted by Crippen LogP contribution is 2.31. The third kappa shape index (κ3) is 3.37. The lowest BCUT2D eigenvalue weighted by Gasteiger charge is -2.15. The maximum Gasteiger partial charge on any atom is 0.258 e. The predicted molar refractivity (Wildman–Crippen MR) is 87.6 cm³/mol. The summed E-state index contributed by atoms with van der Waals surface area (Å²) < 4.78 is 5.45. The number of amides is 1. The number of carbonyl (C=O) groups is 1. The average molecular weight is 336 g/mol. The zero-order valence-electron chi connectivity index (χ0n) is 11.8. The first-order valence-electron chi connectivity index (χ1n) is 7.08. The van der Waals surface area contributed by atoms with Gasteiger partial charge in [-0.15, -0.1) is 0 Å². The number of halogens is 2. The third-order valence-electron chi connectivity index (χ3n) is 3.72. The second kappa shape index (κ2) is 6.59. The van der Waals surface area contributed by atoms with Crippen molar-refractivity contribution in [3.05, 3.63) is 63.6 Å². The molecule has 1 amide bonds. The lowest BCUT2D eigenvalue weighted by Crippen LogP contribution is -2.31. The number of ether oxygens (including phenoxy) is 1. The molecule has 114 valence electrons. The van der Waals surface area contributed by atoms with Gasteiger partial charge in [0.25, 0.3) is 5.91 Å². The van der Waals surface area contributed by atoms with Crippen LogP contribution >= 0.6 is 23.2 Å². The Hall–Kier alpha value is -1.71. The Bertz CT molecular complexity index is 703. The second-order valence-corrected chi connectivity index (χ2v) is 6.06. The van der Waals surface area contributed by atoms with Crippen LogP contribution in [0.3, 0.4) is 0 Å². The van der Waals surface area contributed by atoms with Crippen molar-refractivity contribution in [3.8, 4) is 5.75 Å². The molecule has 2 aromatic carbocycles. The number of hydrogen-bond donors (Lipinski definition) is 1. The van der Waals surface area contributed by atoms with E-state index in [0.717, 1.165) is 12.8 Å². The molecule has 0 aromatic heterocycles. The summed E-state index contributed by atoms with van der Waals surface area (Å²) >= 11 is 11.8. The standard InChI is InChI=1S/C17H15Cl2NO2/c18-12-6-8-16(14(19)9-12)22-10-17(21)20-15-7-5-11-3-1-2-4-13(11)15/h1-4,6,8-9,15H,5,7,10H2,(H,20,21)/t15-/m0/s1. The molecule has 0 heterocycles. The molecule has 2 aromatic rings. The lowest BCUT2D eigenvalue weighted by molar-refractivity contribution is -0.123. The van der Waals surface area contributed by atoms with E-state index in [9.17, 15) is 4.79 Å². The monoisotopic (exact) mass is 335 g/mol. The second-order valence-electron chi connectivity index (χ2n) is 5.22. The smallest absolute Gasteiger partial charge is 0.258 e. The van der Waals surface area contributed by atoms with Crippen LogP contribution in [0.15, 0.2) is 42.5 Å². The molecule has 0 saturated heterocycles. The summed E-state index contributed by atoms with van der Waals surface area (Å²) in [6.07, 6.45) is 1.91. The summed E-state index contributed by atoms with van der Waals surface area (Å²) in [5.41, 5.74) is 2.50. The van der Waals surface area contributed by atoms with E-state index in [-0.39, 0.29) is 18.6 Å². The quantitative estimate of drug-likeness (QED) is 0.910. The van der Waals surface area contributed by atoms with Gasteiger partial charge in [-0.1, -0.05) is 47.5 Å². The van der Waals surface area contributed by atoms with Gasteiger partial charge in [-0.25, -0.2) is 0 Å². The van der Waals surface area contributed by atoms with Crippen molar-refractivity contribution in [1.29, 1.82) is 0 Å². The Morgan fingerprint density at radius 3 is 2.86 bits per heavy atom. The maximum absolute atomic E-state index is 12.1. The highest BCUT2D eigenvalue weighted by atomic mass is 35.5. The van der Waals surface area contributed by atoms with Gasteiger partial charge in [-0.05, 0) is 42.2 Å². The van der Waals surface area contributed by atoms with Crippen LogP contribution in [0.4, 0.5) is 0 Å². The van der Waals surface area contributed by atoms with Crippen molar-refractivity contribution < 1.29 is 9.53 Å². The van der Waals surface area contributed by atoms with Gasteiger partial charge < -0.3 is 10.1 Å². The van der Waals surface area contributed by atoms with Gasteiger partial charge in [-0.3, -0.25) is 4.79 Å². The molecule has 1 N–H and O–H groups in total. The summed E-state index contributed by atoms with van der Waals surface area (Å²) in [6, 6.07) is 13.2. The molecule has 0 aliphatic heterocycles. The minimum absolute atomic E-state index is 0.0630. The number of nitrogens with one attached hydrogen (secondary N) is 1. The van der Waals surface area contributed by atoms with Crippen LogP contribution in [-0.2, 0) is 11.2 Å². The van der Waals surface area contributed by atoms with E-state index in [4.69, 9.17) is 27.9 Å². The zero-order valence-corrected chi connectivity index (χ0v) is 13.3. The number of aryl methyl sites for hydroxylation is 1. The van der Waals surface area contributed by atoms with Crippen molar-refractivity contribution in [2.45, 2.75) is 18.9 Å². The van der Waals surface area contributed by atoms with Crippen molar-refractivity contribution in [2.24, 2.45) is 0 Å². The maximum atomic E-state index is 12.1. The lowest BCUT2D eigenvalue weighted by atomic mass is 10.1. The molecule has 0 spiro atoms. The van der Waals surface area contributed by atoms with Crippen LogP contribution in [0.2, 0.25) is 10.0 Å². The molecule has 0 bridgehead atoms.